The maximum atomic E-state index is 14.9. The lowest BCUT2D eigenvalue weighted by Gasteiger charge is -2.50. The normalized spacial score (nSPS) is 25.2. The Labute approximate surface area is 725 Å². The minimum Gasteiger partial charge on any atom is -0.463 e. The molecule has 2 heterocycles. The number of phosphoric ester groups is 1. The van der Waals surface area contributed by atoms with E-state index in [1.54, 1.807) is 0 Å². The molecule has 708 valence electrons. The van der Waals surface area contributed by atoms with Gasteiger partial charge < -0.3 is 88.7 Å². The minimum absolute atomic E-state index is 0.0194. The van der Waals surface area contributed by atoms with Crippen molar-refractivity contribution < 1.29 is 122 Å². The van der Waals surface area contributed by atoms with E-state index in [-0.39, 0.29) is 25.7 Å². The summed E-state index contributed by atoms with van der Waals surface area (Å²) in [6.45, 7) is 10.3. The highest BCUT2D eigenvalue weighted by atomic mass is 31.2. The molecule has 20 unspecified atom stereocenters. The van der Waals surface area contributed by atoms with Gasteiger partial charge in [-0.2, -0.15) is 0 Å². The van der Waals surface area contributed by atoms with Crippen LogP contribution >= 0.6 is 7.82 Å². The van der Waals surface area contributed by atoms with Crippen LogP contribution in [0.3, 0.4) is 0 Å². The van der Waals surface area contributed by atoms with Gasteiger partial charge in [0, 0.05) is 25.7 Å². The molecule has 3 fully saturated rings. The number of hydrogen-bond acceptors (Lipinski definition) is 24. The monoisotopic (exact) mass is 1740 g/mol. The molecule has 25 nitrogen and oxygen atoms in total. The lowest BCUT2D eigenvalue weighted by Crippen LogP contribution is -2.70. The maximum Gasteiger partial charge on any atom is 0.472 e. The van der Waals surface area contributed by atoms with Gasteiger partial charge in [-0.1, -0.05) is 382 Å². The summed E-state index contributed by atoms with van der Waals surface area (Å²) < 4.78 is 73.7. The molecule has 120 heavy (non-hydrogen) atoms. The van der Waals surface area contributed by atoms with Crippen LogP contribution in [0.5, 0.6) is 0 Å². The van der Waals surface area contributed by atoms with Gasteiger partial charge in [-0.15, -0.1) is 0 Å². The van der Waals surface area contributed by atoms with Gasteiger partial charge in [0.15, 0.2) is 24.8 Å². The Balaban J connectivity index is 1.91. The summed E-state index contributed by atoms with van der Waals surface area (Å²) in [4.78, 5) is 66.7. The van der Waals surface area contributed by atoms with E-state index in [9.17, 15) is 74.6 Å². The second-order valence-electron chi connectivity index (χ2n) is 35.9. The number of carbonyl (C=O) groups is 4. The van der Waals surface area contributed by atoms with Crippen LogP contribution in [0.15, 0.2) is 0 Å². The van der Waals surface area contributed by atoms with Crippen molar-refractivity contribution in [1.82, 2.24) is 0 Å². The molecule has 0 aromatic carbocycles. The summed E-state index contributed by atoms with van der Waals surface area (Å²) >= 11 is 0. The zero-order chi connectivity index (χ0) is 87.8. The number of hydrogen-bond donors (Lipinski definition) is 10. The van der Waals surface area contributed by atoms with Gasteiger partial charge >= 0.3 is 31.7 Å². The third-order valence-electron chi connectivity index (χ3n) is 24.7. The summed E-state index contributed by atoms with van der Waals surface area (Å²) in [5, 5.41) is 103. The van der Waals surface area contributed by atoms with E-state index < -0.39 is 162 Å². The Bertz CT molecular complexity index is 2520. The average Bonchev–Trinajstić information content (AvgIpc) is 0.744. The second-order valence-corrected chi connectivity index (χ2v) is 37.3. The van der Waals surface area contributed by atoms with Gasteiger partial charge in [-0.25, -0.2) is 4.57 Å². The van der Waals surface area contributed by atoms with E-state index in [0.717, 1.165) is 128 Å². The summed E-state index contributed by atoms with van der Waals surface area (Å²) in [6.07, 6.45) is 26.6. The van der Waals surface area contributed by atoms with E-state index in [4.69, 9.17) is 46.9 Å². The Morgan fingerprint density at radius 3 is 0.992 bits per heavy atom. The van der Waals surface area contributed by atoms with Crippen molar-refractivity contribution in [1.29, 1.82) is 0 Å². The number of aliphatic hydroxyl groups is 9. The topological polar surface area (TPSA) is 380 Å². The molecule has 1 aliphatic carbocycles. The predicted molar refractivity (Wildman–Crippen MR) is 467 cm³/mol. The lowest BCUT2D eigenvalue weighted by atomic mass is 9.84. The number of aliphatic hydroxyl groups excluding tert-OH is 9. The molecule has 10 N–H and O–H groups in total. The third-order valence-corrected chi connectivity index (χ3v) is 25.6. The van der Waals surface area contributed by atoms with Gasteiger partial charge in [-0.05, 0) is 37.5 Å². The molecule has 0 spiro atoms. The fraction of sp³-hybridized carbons (Fsp3) is 0.957. The van der Waals surface area contributed by atoms with Crippen molar-refractivity contribution in [2.75, 3.05) is 26.4 Å². The van der Waals surface area contributed by atoms with Crippen molar-refractivity contribution in [3.8, 4) is 0 Å². The number of carbonyl (C=O) groups excluding carboxylic acids is 4. The standard InChI is InChI=1S/C94H177O25P/c1-7-11-15-19-23-25-27-29-30-31-33-34-36-38-48-57-65-78(97)111-71-76-82(101)84(103)88(107)94(115-76)118-91-89(116-80(99)67-59-51-43-41-47-55-63-73(6)61-53-45-22-18-14-10-4)85(104)86(105)90(117-93-87(106)83(102)81(100)75(68-95)114-93)92(91)119-120(108,109)112-70-74(113-79(98)66-58-50-39-37-35-32-28-26-24-20-16-12-8-2)69-110-77(96)64-56-49-42-40-46-54-62-72(5)60-52-44-21-17-13-9-3/h72-76,81-95,100-107H,7-71H2,1-6H3,(H,108,109). The third kappa shape index (κ3) is 51.5. The molecular weight excluding hydrogens is 1560 g/mol. The highest BCUT2D eigenvalue weighted by Crippen LogP contribution is 2.49. The summed E-state index contributed by atoms with van der Waals surface area (Å²) in [5.74, 6) is -1.63. The fourth-order valence-electron chi connectivity index (χ4n) is 16.7. The average molecular weight is 1740 g/mol. The SMILES string of the molecule is CCCCCCCCCCCCCCCCCCC(=O)OCC1OC(OC2C(OC(=O)CCCCCCCCC(C)CCCCCCCC)C(O)C(O)C(OC3OC(CO)C(O)C(O)C3O)C2OP(=O)(O)OCC(COC(=O)CCCCCCCCC(C)CCCCCCCC)OC(=O)CCCCCCCCCCCCCCC)C(O)C(O)C1O. The summed E-state index contributed by atoms with van der Waals surface area (Å²) in [7, 11) is -5.81. The second kappa shape index (κ2) is 71.4. The predicted octanol–water partition coefficient (Wildman–Crippen LogP) is 18.7. The highest BCUT2D eigenvalue weighted by molar-refractivity contribution is 7.47. The molecule has 0 radical (unpaired) electrons. The van der Waals surface area contributed by atoms with Crippen molar-refractivity contribution in [3.63, 3.8) is 0 Å². The molecule has 3 aliphatic rings. The quantitative estimate of drug-likeness (QED) is 0.0117. The molecule has 0 amide bonds. The lowest BCUT2D eigenvalue weighted by molar-refractivity contribution is -0.360. The molecule has 3 rings (SSSR count). The Hall–Kier alpha value is -2.53. The van der Waals surface area contributed by atoms with E-state index in [0.29, 0.717) is 43.9 Å². The fourth-order valence-corrected chi connectivity index (χ4v) is 17.7. The first kappa shape index (κ1) is 112. The molecule has 0 aromatic rings. The Kier molecular flexibility index (Phi) is 66.4. The van der Waals surface area contributed by atoms with Crippen LogP contribution in [-0.2, 0) is 70.7 Å². The van der Waals surface area contributed by atoms with Crippen LogP contribution in [0.2, 0.25) is 0 Å². The van der Waals surface area contributed by atoms with Crippen LogP contribution in [0.1, 0.15) is 433 Å². The van der Waals surface area contributed by atoms with Gasteiger partial charge in [0.05, 0.1) is 13.2 Å². The molecule has 26 heteroatoms. The number of unbranched alkanes of at least 4 members (excludes halogenated alkanes) is 47. The van der Waals surface area contributed by atoms with Crippen LogP contribution in [0, 0.1) is 11.8 Å². The first-order chi connectivity index (χ1) is 58.0. The molecule has 0 bridgehead atoms. The zero-order valence-electron chi connectivity index (χ0n) is 76.0. The van der Waals surface area contributed by atoms with E-state index in [1.807, 2.05) is 0 Å². The molecular formula is C94H177O25P. The number of ether oxygens (including phenoxy) is 8. The van der Waals surface area contributed by atoms with Crippen molar-refractivity contribution in [3.05, 3.63) is 0 Å². The zero-order valence-corrected chi connectivity index (χ0v) is 76.9. The summed E-state index contributed by atoms with van der Waals surface area (Å²) in [5.41, 5.74) is 0. The first-order valence-electron chi connectivity index (χ1n) is 49.1. The number of esters is 4. The van der Waals surface area contributed by atoms with Gasteiger partial charge in [0.2, 0.25) is 0 Å². The highest BCUT2D eigenvalue weighted by Gasteiger charge is 2.60. The van der Waals surface area contributed by atoms with Crippen LogP contribution in [0.4, 0.5) is 0 Å². The van der Waals surface area contributed by atoms with Crippen molar-refractivity contribution in [2.24, 2.45) is 11.8 Å². The van der Waals surface area contributed by atoms with Gasteiger partial charge in [0.25, 0.3) is 0 Å². The number of rotatable bonds is 79. The molecule has 0 aromatic heterocycles. The van der Waals surface area contributed by atoms with E-state index in [2.05, 4.69) is 41.5 Å². The van der Waals surface area contributed by atoms with Crippen molar-refractivity contribution in [2.45, 2.75) is 537 Å². The van der Waals surface area contributed by atoms with Crippen LogP contribution in [-0.4, -0.2) is 205 Å². The van der Waals surface area contributed by atoms with Gasteiger partial charge in [-0.3, -0.25) is 28.2 Å². The Morgan fingerprint density at radius 2 is 0.625 bits per heavy atom. The van der Waals surface area contributed by atoms with Gasteiger partial charge in [0.1, 0.15) is 92.6 Å². The van der Waals surface area contributed by atoms with E-state index >= 15 is 0 Å². The molecule has 2 saturated heterocycles. The molecule has 2 aliphatic heterocycles. The van der Waals surface area contributed by atoms with Crippen LogP contribution < -0.4 is 0 Å². The minimum atomic E-state index is -5.81. The van der Waals surface area contributed by atoms with Crippen molar-refractivity contribution >= 4 is 31.7 Å². The smallest absolute Gasteiger partial charge is 0.463 e. The number of phosphoric acid groups is 1. The Morgan fingerprint density at radius 1 is 0.325 bits per heavy atom. The first-order valence-corrected chi connectivity index (χ1v) is 50.5. The molecule has 1 saturated carbocycles. The largest absolute Gasteiger partial charge is 0.472 e. The van der Waals surface area contributed by atoms with E-state index in [1.165, 1.54) is 205 Å². The maximum absolute atomic E-state index is 14.9. The van der Waals surface area contributed by atoms with Crippen LogP contribution in [0.25, 0.3) is 0 Å². The summed E-state index contributed by atoms with van der Waals surface area (Å²) in [6, 6.07) is 0. The molecule has 20 atom stereocenters.